The van der Waals surface area contributed by atoms with Gasteiger partial charge in [0.15, 0.2) is 5.78 Å². The summed E-state index contributed by atoms with van der Waals surface area (Å²) >= 11 is 0. The first-order chi connectivity index (χ1) is 9.79. The number of nitrogens with one attached hydrogen (secondary N) is 2. The minimum atomic E-state index is 0.144. The minimum absolute atomic E-state index is 0.144. The van der Waals surface area contributed by atoms with Gasteiger partial charge in [-0.3, -0.25) is 4.79 Å². The molecule has 0 bridgehead atoms. The molecule has 1 aliphatic heterocycles. The Labute approximate surface area is 118 Å². The Bertz CT molecular complexity index is 612. The van der Waals surface area contributed by atoms with Crippen molar-refractivity contribution in [1.82, 2.24) is 10.3 Å². The number of ether oxygens (including phenoxy) is 1. The molecule has 0 radical (unpaired) electrons. The number of carbonyl (C=O) groups is 1. The summed E-state index contributed by atoms with van der Waals surface area (Å²) in [6, 6.07) is 5.87. The topological polar surface area (TPSA) is 54.1 Å². The van der Waals surface area contributed by atoms with Crippen LogP contribution in [0.15, 0.2) is 24.4 Å². The molecule has 0 unspecified atom stereocenters. The number of fused-ring (bicyclic) bond motifs is 1. The SMILES string of the molecule is CCOc1ccc2[nH]cc(C(=O)C3CCNCC3)c2c1. The van der Waals surface area contributed by atoms with Crippen molar-refractivity contribution < 1.29 is 9.53 Å². The summed E-state index contributed by atoms with van der Waals surface area (Å²) in [6.07, 6.45) is 3.69. The zero-order chi connectivity index (χ0) is 13.9. The predicted molar refractivity (Wildman–Crippen MR) is 79.4 cm³/mol. The maximum absolute atomic E-state index is 12.7. The third-order valence-electron chi connectivity index (χ3n) is 3.94. The van der Waals surface area contributed by atoms with Crippen molar-refractivity contribution in [3.8, 4) is 5.75 Å². The summed E-state index contributed by atoms with van der Waals surface area (Å²) in [7, 11) is 0. The Hall–Kier alpha value is -1.81. The lowest BCUT2D eigenvalue weighted by molar-refractivity contribution is 0.0897. The maximum atomic E-state index is 12.7. The number of hydrogen-bond donors (Lipinski definition) is 2. The van der Waals surface area contributed by atoms with E-state index in [9.17, 15) is 4.79 Å². The predicted octanol–water partition coefficient (Wildman–Crippen LogP) is 2.75. The van der Waals surface area contributed by atoms with Crippen molar-refractivity contribution in [2.75, 3.05) is 19.7 Å². The van der Waals surface area contributed by atoms with E-state index in [4.69, 9.17) is 4.74 Å². The first kappa shape index (κ1) is 13.2. The lowest BCUT2D eigenvalue weighted by Crippen LogP contribution is -2.31. The van der Waals surface area contributed by atoms with E-state index in [0.717, 1.165) is 48.1 Å². The molecule has 0 atom stereocenters. The van der Waals surface area contributed by atoms with Gasteiger partial charge in [-0.1, -0.05) is 0 Å². The van der Waals surface area contributed by atoms with E-state index in [1.54, 1.807) is 0 Å². The molecule has 1 aliphatic rings. The molecular formula is C16H20N2O2. The zero-order valence-electron chi connectivity index (χ0n) is 11.7. The van der Waals surface area contributed by atoms with Gasteiger partial charge in [-0.15, -0.1) is 0 Å². The second-order valence-corrected chi connectivity index (χ2v) is 5.23. The van der Waals surface area contributed by atoms with Crippen LogP contribution in [0, 0.1) is 5.92 Å². The number of aromatic amines is 1. The molecule has 2 N–H and O–H groups in total. The zero-order valence-corrected chi connectivity index (χ0v) is 11.7. The average Bonchev–Trinajstić information content (AvgIpc) is 2.91. The van der Waals surface area contributed by atoms with E-state index in [2.05, 4.69) is 10.3 Å². The molecule has 1 fully saturated rings. The molecule has 1 aromatic heterocycles. The summed E-state index contributed by atoms with van der Waals surface area (Å²) in [5, 5.41) is 4.27. The van der Waals surface area contributed by atoms with Crippen LogP contribution in [0.4, 0.5) is 0 Å². The van der Waals surface area contributed by atoms with Gasteiger partial charge in [0.2, 0.25) is 0 Å². The Kier molecular flexibility index (Phi) is 3.74. The first-order valence-corrected chi connectivity index (χ1v) is 7.28. The lowest BCUT2D eigenvalue weighted by Gasteiger charge is -2.21. The Morgan fingerprint density at radius 3 is 2.90 bits per heavy atom. The molecule has 3 rings (SSSR count). The summed E-state index contributed by atoms with van der Waals surface area (Å²) in [5.41, 5.74) is 1.79. The average molecular weight is 272 g/mol. The molecule has 4 heteroatoms. The van der Waals surface area contributed by atoms with Crippen LogP contribution < -0.4 is 10.1 Å². The van der Waals surface area contributed by atoms with Crippen LogP contribution in [0.5, 0.6) is 5.75 Å². The summed E-state index contributed by atoms with van der Waals surface area (Å²) in [5.74, 6) is 1.22. The molecule has 0 aliphatic carbocycles. The molecule has 1 saturated heterocycles. The lowest BCUT2D eigenvalue weighted by atomic mass is 9.89. The van der Waals surface area contributed by atoms with Crippen molar-refractivity contribution in [3.63, 3.8) is 0 Å². The quantitative estimate of drug-likeness (QED) is 0.841. The monoisotopic (exact) mass is 272 g/mol. The fraction of sp³-hybridized carbons (Fsp3) is 0.438. The first-order valence-electron chi connectivity index (χ1n) is 7.28. The van der Waals surface area contributed by atoms with Crippen molar-refractivity contribution in [1.29, 1.82) is 0 Å². The Morgan fingerprint density at radius 2 is 2.15 bits per heavy atom. The van der Waals surface area contributed by atoms with Gasteiger partial charge in [0.1, 0.15) is 5.75 Å². The standard InChI is InChI=1S/C16H20N2O2/c1-2-20-12-3-4-15-13(9-12)14(10-18-15)16(19)11-5-7-17-8-6-11/h3-4,9-11,17-18H,2,5-8H2,1H3. The van der Waals surface area contributed by atoms with Crippen LogP contribution in [-0.2, 0) is 0 Å². The van der Waals surface area contributed by atoms with Gasteiger partial charge < -0.3 is 15.0 Å². The molecular weight excluding hydrogens is 252 g/mol. The summed E-state index contributed by atoms with van der Waals surface area (Å²) in [6.45, 7) is 4.46. The number of H-pyrrole nitrogens is 1. The van der Waals surface area contributed by atoms with Crippen molar-refractivity contribution in [2.45, 2.75) is 19.8 Å². The molecule has 1 aromatic carbocycles. The number of benzene rings is 1. The molecule has 0 amide bonds. The molecule has 0 spiro atoms. The molecule has 2 heterocycles. The van der Waals surface area contributed by atoms with E-state index in [-0.39, 0.29) is 11.7 Å². The summed E-state index contributed by atoms with van der Waals surface area (Å²) in [4.78, 5) is 15.8. The fourth-order valence-electron chi connectivity index (χ4n) is 2.86. The van der Waals surface area contributed by atoms with E-state index in [0.29, 0.717) is 6.61 Å². The van der Waals surface area contributed by atoms with Crippen LogP contribution in [-0.4, -0.2) is 30.5 Å². The smallest absolute Gasteiger partial charge is 0.168 e. The maximum Gasteiger partial charge on any atom is 0.168 e. The molecule has 106 valence electrons. The van der Waals surface area contributed by atoms with Crippen LogP contribution in [0.2, 0.25) is 0 Å². The number of piperidine rings is 1. The third kappa shape index (κ3) is 2.43. The molecule has 20 heavy (non-hydrogen) atoms. The fourth-order valence-corrected chi connectivity index (χ4v) is 2.86. The van der Waals surface area contributed by atoms with Gasteiger partial charge in [0.05, 0.1) is 6.61 Å². The second-order valence-electron chi connectivity index (χ2n) is 5.23. The highest BCUT2D eigenvalue weighted by Crippen LogP contribution is 2.27. The number of rotatable bonds is 4. The number of aromatic nitrogens is 1. The molecule has 0 saturated carbocycles. The molecule has 2 aromatic rings. The summed E-state index contributed by atoms with van der Waals surface area (Å²) < 4.78 is 5.53. The van der Waals surface area contributed by atoms with E-state index < -0.39 is 0 Å². The van der Waals surface area contributed by atoms with Crippen LogP contribution in [0.1, 0.15) is 30.1 Å². The van der Waals surface area contributed by atoms with Gasteiger partial charge >= 0.3 is 0 Å². The normalized spacial score (nSPS) is 16.4. The number of hydrogen-bond acceptors (Lipinski definition) is 3. The van der Waals surface area contributed by atoms with Gasteiger partial charge in [0, 0.05) is 28.6 Å². The highest BCUT2D eigenvalue weighted by molar-refractivity contribution is 6.09. The Morgan fingerprint density at radius 1 is 1.35 bits per heavy atom. The van der Waals surface area contributed by atoms with E-state index in [1.165, 1.54) is 0 Å². The second kappa shape index (κ2) is 5.67. The minimum Gasteiger partial charge on any atom is -0.494 e. The largest absolute Gasteiger partial charge is 0.494 e. The van der Waals surface area contributed by atoms with Gasteiger partial charge in [-0.25, -0.2) is 0 Å². The van der Waals surface area contributed by atoms with Crippen molar-refractivity contribution in [3.05, 3.63) is 30.0 Å². The van der Waals surface area contributed by atoms with Crippen LogP contribution in [0.3, 0.4) is 0 Å². The number of Topliss-reactive ketones (excluding diaryl/α,β-unsaturated/α-hetero) is 1. The van der Waals surface area contributed by atoms with Crippen molar-refractivity contribution in [2.24, 2.45) is 5.92 Å². The number of carbonyl (C=O) groups excluding carboxylic acids is 1. The van der Waals surface area contributed by atoms with Crippen LogP contribution in [0.25, 0.3) is 10.9 Å². The van der Waals surface area contributed by atoms with E-state index >= 15 is 0 Å². The highest BCUT2D eigenvalue weighted by atomic mass is 16.5. The van der Waals surface area contributed by atoms with Crippen LogP contribution >= 0.6 is 0 Å². The highest BCUT2D eigenvalue weighted by Gasteiger charge is 2.24. The van der Waals surface area contributed by atoms with E-state index in [1.807, 2.05) is 31.3 Å². The number of ketones is 1. The van der Waals surface area contributed by atoms with Gasteiger partial charge in [-0.2, -0.15) is 0 Å². The van der Waals surface area contributed by atoms with Crippen molar-refractivity contribution >= 4 is 16.7 Å². The van der Waals surface area contributed by atoms with Gasteiger partial charge in [0.25, 0.3) is 0 Å². The Balaban J connectivity index is 1.93. The van der Waals surface area contributed by atoms with Gasteiger partial charge in [-0.05, 0) is 51.1 Å². The third-order valence-corrected chi connectivity index (χ3v) is 3.94. The molecule has 4 nitrogen and oxygen atoms in total.